The number of hydrogen-bond acceptors (Lipinski definition) is 7. The predicted molar refractivity (Wildman–Crippen MR) is 107 cm³/mol. The summed E-state index contributed by atoms with van der Waals surface area (Å²) < 4.78 is 10.5. The predicted octanol–water partition coefficient (Wildman–Crippen LogP) is 2.33. The van der Waals surface area contributed by atoms with Crippen molar-refractivity contribution in [3.63, 3.8) is 0 Å². The molecule has 1 aliphatic rings. The summed E-state index contributed by atoms with van der Waals surface area (Å²) >= 11 is 3.09. The molecule has 1 amide bonds. The summed E-state index contributed by atoms with van der Waals surface area (Å²) in [5.74, 6) is -3.79. The molecule has 2 atom stereocenters. The van der Waals surface area contributed by atoms with Gasteiger partial charge in [-0.1, -0.05) is 30.0 Å². The minimum Gasteiger partial charge on any atom is -0.468 e. The van der Waals surface area contributed by atoms with E-state index in [1.165, 1.54) is 7.11 Å². The number of esters is 2. The topological polar surface area (TPSA) is 105 Å². The molecule has 1 aromatic carbocycles. The first kappa shape index (κ1) is 21.2. The number of halogens is 1. The van der Waals surface area contributed by atoms with Crippen molar-refractivity contribution < 1.29 is 23.9 Å². The first-order chi connectivity index (χ1) is 12.9. The number of benzene rings is 1. The monoisotopic (exact) mass is 500 g/mol. The third-order valence-corrected chi connectivity index (χ3v) is 5.84. The Morgan fingerprint density at radius 2 is 2.07 bits per heavy atom. The van der Waals surface area contributed by atoms with Crippen LogP contribution in [0.15, 0.2) is 34.9 Å². The SMILES string of the molecule is CCOC(=O)[C@@H]1C(=O)NC(SCC(=O)OC)=C(C#N)[C@@H]1c1ccccc1I. The van der Waals surface area contributed by atoms with Crippen LogP contribution >= 0.6 is 34.4 Å². The molecule has 1 N–H and O–H groups in total. The summed E-state index contributed by atoms with van der Waals surface area (Å²) in [7, 11) is 1.26. The lowest BCUT2D eigenvalue weighted by Crippen LogP contribution is -2.44. The zero-order valence-corrected chi connectivity index (χ0v) is 17.6. The molecule has 1 aromatic rings. The number of allylic oxidation sites excluding steroid dienone is 1. The molecule has 0 saturated carbocycles. The van der Waals surface area contributed by atoms with E-state index >= 15 is 0 Å². The van der Waals surface area contributed by atoms with Gasteiger partial charge in [-0.15, -0.1) is 0 Å². The van der Waals surface area contributed by atoms with Crippen molar-refractivity contribution in [2.45, 2.75) is 12.8 Å². The van der Waals surface area contributed by atoms with Crippen molar-refractivity contribution in [3.05, 3.63) is 44.0 Å². The molecule has 0 bridgehead atoms. The molecule has 9 heteroatoms. The molecule has 27 heavy (non-hydrogen) atoms. The van der Waals surface area contributed by atoms with Crippen molar-refractivity contribution in [2.75, 3.05) is 19.5 Å². The van der Waals surface area contributed by atoms with Gasteiger partial charge in [0.1, 0.15) is 5.92 Å². The first-order valence-electron chi connectivity index (χ1n) is 8.00. The van der Waals surface area contributed by atoms with Crippen LogP contribution in [0.5, 0.6) is 0 Å². The normalized spacial score (nSPS) is 19.1. The molecular formula is C18H17IN2O5S. The van der Waals surface area contributed by atoms with E-state index in [1.54, 1.807) is 19.1 Å². The number of ether oxygens (including phenoxy) is 2. The van der Waals surface area contributed by atoms with Crippen molar-refractivity contribution in [2.24, 2.45) is 5.92 Å². The van der Waals surface area contributed by atoms with Crippen LogP contribution in [0, 0.1) is 20.8 Å². The Labute approximate surface area is 174 Å². The quantitative estimate of drug-likeness (QED) is 0.363. The minimum absolute atomic E-state index is 0.0695. The number of amides is 1. The Hall–Kier alpha value is -2.06. The Balaban J connectivity index is 2.57. The van der Waals surface area contributed by atoms with Gasteiger partial charge in [0.2, 0.25) is 5.91 Å². The van der Waals surface area contributed by atoms with Crippen LogP contribution in [-0.4, -0.2) is 37.3 Å². The lowest BCUT2D eigenvalue weighted by atomic mass is 9.78. The summed E-state index contributed by atoms with van der Waals surface area (Å²) in [5, 5.41) is 12.6. The largest absolute Gasteiger partial charge is 0.468 e. The highest BCUT2D eigenvalue weighted by Crippen LogP contribution is 2.41. The Bertz CT molecular complexity index is 833. The van der Waals surface area contributed by atoms with Gasteiger partial charge in [0.25, 0.3) is 0 Å². The Kier molecular flexibility index (Phi) is 7.67. The number of nitrogens with zero attached hydrogens (tertiary/aromatic N) is 1. The van der Waals surface area contributed by atoms with Gasteiger partial charge in [-0.25, -0.2) is 0 Å². The van der Waals surface area contributed by atoms with Crippen LogP contribution in [0.2, 0.25) is 0 Å². The molecule has 0 fully saturated rings. The van der Waals surface area contributed by atoms with Gasteiger partial charge in [0.15, 0.2) is 0 Å². The van der Waals surface area contributed by atoms with Gasteiger partial charge in [-0.3, -0.25) is 14.4 Å². The standard InChI is InChI=1S/C18H17IN2O5S/c1-3-26-18(24)15-14(10-6-4-5-7-12(10)19)11(8-20)17(21-16(15)23)27-9-13(22)25-2/h4-7,14-15H,3,9H2,1-2H3,(H,21,23)/t14-,15-/m0/s1. The van der Waals surface area contributed by atoms with Crippen LogP contribution in [0.1, 0.15) is 18.4 Å². The number of methoxy groups -OCH3 is 1. The second-order valence-electron chi connectivity index (χ2n) is 5.44. The Morgan fingerprint density at radius 3 is 2.67 bits per heavy atom. The van der Waals surface area contributed by atoms with Gasteiger partial charge in [-0.05, 0) is 41.1 Å². The van der Waals surface area contributed by atoms with E-state index in [4.69, 9.17) is 4.74 Å². The van der Waals surface area contributed by atoms with E-state index < -0.39 is 29.7 Å². The molecule has 7 nitrogen and oxygen atoms in total. The maximum absolute atomic E-state index is 12.7. The molecule has 0 radical (unpaired) electrons. The number of carbonyl (C=O) groups is 3. The number of thioether (sulfide) groups is 1. The lowest BCUT2D eigenvalue weighted by molar-refractivity contribution is -0.153. The second kappa shape index (κ2) is 9.75. The molecule has 0 saturated heterocycles. The average Bonchev–Trinajstić information content (AvgIpc) is 2.65. The van der Waals surface area contributed by atoms with Crippen LogP contribution < -0.4 is 5.32 Å². The van der Waals surface area contributed by atoms with Gasteiger partial charge < -0.3 is 14.8 Å². The molecular weight excluding hydrogens is 483 g/mol. The summed E-state index contributed by atoms with van der Waals surface area (Å²) in [6.07, 6.45) is 0. The summed E-state index contributed by atoms with van der Waals surface area (Å²) in [5.41, 5.74) is 0.893. The smallest absolute Gasteiger partial charge is 0.319 e. The Morgan fingerprint density at radius 1 is 1.37 bits per heavy atom. The van der Waals surface area contributed by atoms with E-state index in [1.807, 2.05) is 12.1 Å². The van der Waals surface area contributed by atoms with E-state index in [-0.39, 0.29) is 23.0 Å². The van der Waals surface area contributed by atoms with Crippen molar-refractivity contribution in [3.8, 4) is 6.07 Å². The highest BCUT2D eigenvalue weighted by molar-refractivity contribution is 14.1. The molecule has 1 aliphatic heterocycles. The summed E-state index contributed by atoms with van der Waals surface area (Å²) in [6, 6.07) is 9.32. The maximum Gasteiger partial charge on any atom is 0.319 e. The van der Waals surface area contributed by atoms with E-state index in [0.717, 1.165) is 15.3 Å². The molecule has 2 rings (SSSR count). The molecule has 0 aliphatic carbocycles. The number of nitriles is 1. The van der Waals surface area contributed by atoms with Gasteiger partial charge >= 0.3 is 11.9 Å². The number of carbonyl (C=O) groups excluding carboxylic acids is 3. The number of rotatable bonds is 6. The zero-order valence-electron chi connectivity index (χ0n) is 14.7. The summed E-state index contributed by atoms with van der Waals surface area (Å²) in [6.45, 7) is 1.77. The molecule has 142 valence electrons. The van der Waals surface area contributed by atoms with E-state index in [0.29, 0.717) is 5.56 Å². The second-order valence-corrected chi connectivity index (χ2v) is 7.59. The minimum atomic E-state index is -1.18. The van der Waals surface area contributed by atoms with Crippen molar-refractivity contribution in [1.29, 1.82) is 5.26 Å². The van der Waals surface area contributed by atoms with Crippen LogP contribution in [0.25, 0.3) is 0 Å². The highest BCUT2D eigenvalue weighted by Gasteiger charge is 2.45. The molecule has 0 spiro atoms. The molecule has 1 heterocycles. The van der Waals surface area contributed by atoms with Crippen LogP contribution in [0.4, 0.5) is 0 Å². The van der Waals surface area contributed by atoms with Gasteiger partial charge in [0.05, 0.1) is 36.1 Å². The fourth-order valence-corrected chi connectivity index (χ4v) is 4.28. The van der Waals surface area contributed by atoms with Crippen LogP contribution in [0.3, 0.4) is 0 Å². The van der Waals surface area contributed by atoms with Gasteiger partial charge in [-0.2, -0.15) is 5.26 Å². The lowest BCUT2D eigenvalue weighted by Gasteiger charge is -2.31. The third-order valence-electron chi connectivity index (χ3n) is 3.87. The van der Waals surface area contributed by atoms with E-state index in [9.17, 15) is 19.6 Å². The average molecular weight is 500 g/mol. The highest BCUT2D eigenvalue weighted by atomic mass is 127. The fraction of sp³-hybridized carbons (Fsp3) is 0.333. The first-order valence-corrected chi connectivity index (χ1v) is 10.1. The third kappa shape index (κ3) is 4.81. The fourth-order valence-electron chi connectivity index (χ4n) is 2.68. The number of nitrogens with one attached hydrogen (secondary N) is 1. The number of hydrogen-bond donors (Lipinski definition) is 1. The zero-order chi connectivity index (χ0) is 20.0. The maximum atomic E-state index is 12.7. The van der Waals surface area contributed by atoms with E-state index in [2.05, 4.69) is 38.7 Å². The van der Waals surface area contributed by atoms with Gasteiger partial charge in [0, 0.05) is 9.49 Å². The van der Waals surface area contributed by atoms with Crippen molar-refractivity contribution in [1.82, 2.24) is 5.32 Å². The molecule has 0 unspecified atom stereocenters. The van der Waals surface area contributed by atoms with Crippen LogP contribution in [-0.2, 0) is 23.9 Å². The van der Waals surface area contributed by atoms with Crippen molar-refractivity contribution >= 4 is 52.2 Å². The molecule has 0 aromatic heterocycles. The summed E-state index contributed by atoms with van der Waals surface area (Å²) in [4.78, 5) is 36.6.